The number of carbonyl (C=O) groups excluding carboxylic acids is 1. The Kier molecular flexibility index (Phi) is 5.35. The number of methoxy groups -OCH3 is 1. The van der Waals surface area contributed by atoms with E-state index < -0.39 is 12.2 Å². The van der Waals surface area contributed by atoms with Gasteiger partial charge in [0.05, 0.1) is 38.0 Å². The number of ether oxygens (including phenoxy) is 2. The molecular formula is C17H24N2O5. The molecule has 7 heteroatoms. The predicted molar refractivity (Wildman–Crippen MR) is 87.1 cm³/mol. The van der Waals surface area contributed by atoms with Crippen molar-refractivity contribution in [3.8, 4) is 5.75 Å². The molecule has 2 aliphatic rings. The number of hydrogen-bond acceptors (Lipinski definition) is 6. The highest BCUT2D eigenvalue weighted by atomic mass is 16.5. The Morgan fingerprint density at radius 3 is 2.58 bits per heavy atom. The standard InChI is InChI=1S/C17H24N2O5/c1-23-15-5-3-2-4-12(15)17(22)19-8-6-18(7-9-19)13-10-24-11-14(20)16(13)21/h2-5,13-14,16,20-21H,6-11H2,1H3/t13-,14-,16+/m1/s1. The molecule has 2 heterocycles. The van der Waals surface area contributed by atoms with Crippen molar-refractivity contribution in [1.82, 2.24) is 9.80 Å². The maximum atomic E-state index is 12.7. The maximum absolute atomic E-state index is 12.7. The average Bonchev–Trinajstić information content (AvgIpc) is 2.63. The van der Waals surface area contributed by atoms with Crippen LogP contribution in [0.15, 0.2) is 24.3 Å². The third kappa shape index (κ3) is 3.39. The highest BCUT2D eigenvalue weighted by molar-refractivity contribution is 5.97. The van der Waals surface area contributed by atoms with Gasteiger partial charge in [0.25, 0.3) is 5.91 Å². The van der Waals surface area contributed by atoms with Crippen LogP contribution in [-0.4, -0.2) is 90.7 Å². The molecule has 0 bridgehead atoms. The first-order chi connectivity index (χ1) is 11.6. The van der Waals surface area contributed by atoms with E-state index in [-0.39, 0.29) is 18.6 Å². The van der Waals surface area contributed by atoms with Gasteiger partial charge in [-0.05, 0) is 12.1 Å². The van der Waals surface area contributed by atoms with Crippen LogP contribution < -0.4 is 4.74 Å². The van der Waals surface area contributed by atoms with Gasteiger partial charge < -0.3 is 24.6 Å². The zero-order valence-corrected chi connectivity index (χ0v) is 13.8. The summed E-state index contributed by atoms with van der Waals surface area (Å²) in [6.07, 6.45) is -1.66. The van der Waals surface area contributed by atoms with E-state index in [1.54, 1.807) is 24.1 Å². The topological polar surface area (TPSA) is 82.5 Å². The number of para-hydroxylation sites is 1. The molecule has 132 valence electrons. The minimum absolute atomic E-state index is 0.0485. The van der Waals surface area contributed by atoms with E-state index in [4.69, 9.17) is 9.47 Å². The van der Waals surface area contributed by atoms with E-state index in [1.165, 1.54) is 0 Å². The summed E-state index contributed by atoms with van der Waals surface area (Å²) in [6.45, 7) is 2.98. The second kappa shape index (κ2) is 7.48. The first kappa shape index (κ1) is 17.2. The summed E-state index contributed by atoms with van der Waals surface area (Å²) in [4.78, 5) is 16.6. The summed E-state index contributed by atoms with van der Waals surface area (Å²) in [5.74, 6) is 0.525. The van der Waals surface area contributed by atoms with Crippen LogP contribution in [0, 0.1) is 0 Å². The maximum Gasteiger partial charge on any atom is 0.257 e. The molecule has 2 saturated heterocycles. The number of carbonyl (C=O) groups is 1. The quantitative estimate of drug-likeness (QED) is 0.780. The minimum Gasteiger partial charge on any atom is -0.496 e. The monoisotopic (exact) mass is 336 g/mol. The zero-order chi connectivity index (χ0) is 17.1. The normalized spacial score (nSPS) is 28.6. The molecule has 3 atom stereocenters. The van der Waals surface area contributed by atoms with Gasteiger partial charge in [-0.2, -0.15) is 0 Å². The Morgan fingerprint density at radius 2 is 1.88 bits per heavy atom. The van der Waals surface area contributed by atoms with E-state index in [9.17, 15) is 15.0 Å². The number of aliphatic hydroxyl groups excluding tert-OH is 2. The van der Waals surface area contributed by atoms with Gasteiger partial charge in [-0.15, -0.1) is 0 Å². The van der Waals surface area contributed by atoms with Crippen molar-refractivity contribution in [1.29, 1.82) is 0 Å². The Hall–Kier alpha value is -1.67. The van der Waals surface area contributed by atoms with Crippen LogP contribution in [0.4, 0.5) is 0 Å². The zero-order valence-electron chi connectivity index (χ0n) is 13.8. The van der Waals surface area contributed by atoms with Crippen molar-refractivity contribution < 1.29 is 24.5 Å². The Labute approximate surface area is 141 Å². The lowest BCUT2D eigenvalue weighted by Gasteiger charge is -2.43. The first-order valence-corrected chi connectivity index (χ1v) is 8.22. The molecule has 1 amide bonds. The number of rotatable bonds is 3. The van der Waals surface area contributed by atoms with Crippen LogP contribution in [0.3, 0.4) is 0 Å². The summed E-state index contributed by atoms with van der Waals surface area (Å²) in [7, 11) is 1.56. The van der Waals surface area contributed by atoms with Gasteiger partial charge in [-0.25, -0.2) is 0 Å². The molecular weight excluding hydrogens is 312 g/mol. The predicted octanol–water partition coefficient (Wildman–Crippen LogP) is -0.426. The van der Waals surface area contributed by atoms with Gasteiger partial charge >= 0.3 is 0 Å². The van der Waals surface area contributed by atoms with Gasteiger partial charge in [0.1, 0.15) is 11.9 Å². The third-order valence-corrected chi connectivity index (χ3v) is 4.77. The molecule has 7 nitrogen and oxygen atoms in total. The van der Waals surface area contributed by atoms with Crippen LogP contribution in [0.2, 0.25) is 0 Å². The van der Waals surface area contributed by atoms with Crippen molar-refractivity contribution in [2.75, 3.05) is 46.5 Å². The van der Waals surface area contributed by atoms with E-state index in [1.807, 2.05) is 12.1 Å². The average molecular weight is 336 g/mol. The van der Waals surface area contributed by atoms with Crippen molar-refractivity contribution >= 4 is 5.91 Å². The second-order valence-corrected chi connectivity index (χ2v) is 6.19. The highest BCUT2D eigenvalue weighted by Crippen LogP contribution is 2.22. The fourth-order valence-corrected chi connectivity index (χ4v) is 3.33. The second-order valence-electron chi connectivity index (χ2n) is 6.19. The van der Waals surface area contributed by atoms with Crippen LogP contribution in [0.1, 0.15) is 10.4 Å². The number of nitrogens with zero attached hydrogens (tertiary/aromatic N) is 2. The van der Waals surface area contributed by atoms with Gasteiger partial charge in [0, 0.05) is 26.2 Å². The molecule has 1 aromatic carbocycles. The van der Waals surface area contributed by atoms with Crippen molar-refractivity contribution in [3.63, 3.8) is 0 Å². The van der Waals surface area contributed by atoms with Crippen LogP contribution >= 0.6 is 0 Å². The number of piperazine rings is 1. The number of aliphatic hydroxyl groups is 2. The molecule has 2 fully saturated rings. The Balaban J connectivity index is 1.61. The van der Waals surface area contributed by atoms with Crippen LogP contribution in [0.25, 0.3) is 0 Å². The third-order valence-electron chi connectivity index (χ3n) is 4.77. The molecule has 2 aliphatic heterocycles. The molecule has 0 saturated carbocycles. The highest BCUT2D eigenvalue weighted by Gasteiger charge is 2.37. The van der Waals surface area contributed by atoms with Crippen LogP contribution in [-0.2, 0) is 4.74 Å². The minimum atomic E-state index is -0.850. The smallest absolute Gasteiger partial charge is 0.257 e. The summed E-state index contributed by atoms with van der Waals surface area (Å²) in [5, 5.41) is 19.9. The fraction of sp³-hybridized carbons (Fsp3) is 0.588. The fourth-order valence-electron chi connectivity index (χ4n) is 3.33. The summed E-state index contributed by atoms with van der Waals surface area (Å²) in [6, 6.07) is 6.98. The van der Waals surface area contributed by atoms with E-state index in [0.717, 1.165) is 0 Å². The van der Waals surface area contributed by atoms with E-state index >= 15 is 0 Å². The largest absolute Gasteiger partial charge is 0.496 e. The Bertz CT molecular complexity index is 574. The molecule has 1 aromatic rings. The SMILES string of the molecule is COc1ccccc1C(=O)N1CCN([C@@H]2COC[C@@H](O)[C@H]2O)CC1. The van der Waals surface area contributed by atoms with Crippen molar-refractivity contribution in [2.45, 2.75) is 18.2 Å². The van der Waals surface area contributed by atoms with Crippen molar-refractivity contribution in [3.05, 3.63) is 29.8 Å². The number of amides is 1. The molecule has 0 radical (unpaired) electrons. The molecule has 3 rings (SSSR count). The van der Waals surface area contributed by atoms with Gasteiger partial charge in [0.2, 0.25) is 0 Å². The van der Waals surface area contributed by atoms with Crippen LogP contribution in [0.5, 0.6) is 5.75 Å². The molecule has 0 aromatic heterocycles. The molecule has 24 heavy (non-hydrogen) atoms. The molecule has 0 aliphatic carbocycles. The number of hydrogen-bond donors (Lipinski definition) is 2. The van der Waals surface area contributed by atoms with Crippen molar-refractivity contribution in [2.24, 2.45) is 0 Å². The summed E-state index contributed by atoms with van der Waals surface area (Å²) < 4.78 is 10.6. The first-order valence-electron chi connectivity index (χ1n) is 8.22. The van der Waals surface area contributed by atoms with E-state index in [0.29, 0.717) is 44.1 Å². The summed E-state index contributed by atoms with van der Waals surface area (Å²) in [5.41, 5.74) is 0.560. The summed E-state index contributed by atoms with van der Waals surface area (Å²) >= 11 is 0. The van der Waals surface area contributed by atoms with Gasteiger partial charge in [-0.1, -0.05) is 12.1 Å². The lowest BCUT2D eigenvalue weighted by atomic mass is 10.0. The Morgan fingerprint density at radius 1 is 1.17 bits per heavy atom. The molecule has 0 unspecified atom stereocenters. The lowest BCUT2D eigenvalue weighted by Crippen LogP contribution is -2.60. The lowest BCUT2D eigenvalue weighted by molar-refractivity contribution is -0.136. The molecule has 0 spiro atoms. The van der Waals surface area contributed by atoms with Gasteiger partial charge in [0.15, 0.2) is 0 Å². The molecule has 2 N–H and O–H groups in total. The number of benzene rings is 1. The van der Waals surface area contributed by atoms with Gasteiger partial charge in [-0.3, -0.25) is 9.69 Å². The van der Waals surface area contributed by atoms with E-state index in [2.05, 4.69) is 4.90 Å².